The normalized spacial score (nSPS) is 31.9. The van der Waals surface area contributed by atoms with Crippen LogP contribution in [0.15, 0.2) is 18.2 Å². The van der Waals surface area contributed by atoms with E-state index in [-0.39, 0.29) is 6.04 Å². The van der Waals surface area contributed by atoms with Gasteiger partial charge in [0.15, 0.2) is 0 Å². The van der Waals surface area contributed by atoms with E-state index in [0.29, 0.717) is 12.0 Å². The van der Waals surface area contributed by atoms with Crippen molar-refractivity contribution in [3.05, 3.63) is 29.3 Å². The summed E-state index contributed by atoms with van der Waals surface area (Å²) in [4.78, 5) is 2.44. The molecule has 0 saturated carbocycles. The summed E-state index contributed by atoms with van der Waals surface area (Å²) in [5.41, 5.74) is 10.4. The van der Waals surface area contributed by atoms with E-state index in [9.17, 15) is 0 Å². The van der Waals surface area contributed by atoms with Crippen molar-refractivity contribution >= 4 is 5.69 Å². The number of hydrogen-bond donors (Lipinski definition) is 2. The number of aryl methyl sites for hydroxylation is 1. The first-order valence-electron chi connectivity index (χ1n) is 6.48. The summed E-state index contributed by atoms with van der Waals surface area (Å²) in [5.74, 6) is 0.545. The third-order valence-electron chi connectivity index (χ3n) is 4.37. The first-order valence-corrected chi connectivity index (χ1v) is 6.48. The van der Waals surface area contributed by atoms with Gasteiger partial charge in [0.2, 0.25) is 0 Å². The van der Waals surface area contributed by atoms with E-state index < -0.39 is 0 Å². The summed E-state index contributed by atoms with van der Waals surface area (Å²) >= 11 is 0. The molecule has 2 aliphatic rings. The Bertz CT molecular complexity index is 429. The molecule has 3 rings (SSSR count). The molecule has 3 unspecified atom stereocenters. The van der Waals surface area contributed by atoms with Gasteiger partial charge in [-0.2, -0.15) is 0 Å². The van der Waals surface area contributed by atoms with Crippen LogP contribution in [0.25, 0.3) is 0 Å². The van der Waals surface area contributed by atoms with Crippen LogP contribution < -0.4 is 16.0 Å². The molecule has 3 atom stereocenters. The Hall–Kier alpha value is -1.06. The van der Waals surface area contributed by atoms with Gasteiger partial charge < -0.3 is 16.0 Å². The number of nitrogens with two attached hydrogens (primary N) is 1. The summed E-state index contributed by atoms with van der Waals surface area (Å²) in [6.45, 7) is 4.30. The lowest BCUT2D eigenvalue weighted by atomic mass is 9.78. The number of benzene rings is 1. The summed E-state index contributed by atoms with van der Waals surface area (Å²) in [7, 11) is 2.22. The molecule has 3 N–H and O–H groups in total. The van der Waals surface area contributed by atoms with E-state index >= 15 is 0 Å². The molecule has 17 heavy (non-hydrogen) atoms. The van der Waals surface area contributed by atoms with Gasteiger partial charge in [-0.25, -0.2) is 0 Å². The molecule has 0 aromatic heterocycles. The SMILES string of the molecule is Cc1ccc2c(c1)N(C)C1CCNCC1C2N. The minimum absolute atomic E-state index is 0.180. The maximum atomic E-state index is 6.45. The largest absolute Gasteiger partial charge is 0.371 e. The molecule has 2 aliphatic heterocycles. The van der Waals surface area contributed by atoms with Crippen molar-refractivity contribution < 1.29 is 0 Å². The Morgan fingerprint density at radius 3 is 3.06 bits per heavy atom. The van der Waals surface area contributed by atoms with Crippen LogP contribution in [0.4, 0.5) is 5.69 Å². The van der Waals surface area contributed by atoms with Gasteiger partial charge in [0.05, 0.1) is 0 Å². The summed E-state index contributed by atoms with van der Waals surface area (Å²) in [5, 5.41) is 3.47. The monoisotopic (exact) mass is 231 g/mol. The molecule has 0 bridgehead atoms. The van der Waals surface area contributed by atoms with Gasteiger partial charge in [-0.05, 0) is 37.1 Å². The molecule has 1 saturated heterocycles. The van der Waals surface area contributed by atoms with E-state index in [2.05, 4.69) is 42.4 Å². The second-order valence-electron chi connectivity index (χ2n) is 5.42. The molecule has 1 aromatic carbocycles. The molecule has 3 heteroatoms. The molecule has 0 aliphatic carbocycles. The van der Waals surface area contributed by atoms with Crippen molar-refractivity contribution in [1.29, 1.82) is 0 Å². The Labute approximate surface area is 103 Å². The molecule has 3 nitrogen and oxygen atoms in total. The minimum Gasteiger partial charge on any atom is -0.371 e. The standard InChI is InChI=1S/C14H21N3/c1-9-3-4-10-13(7-9)17(2)12-5-6-16-8-11(12)14(10)15/h3-4,7,11-12,14,16H,5-6,8,15H2,1-2H3. The van der Waals surface area contributed by atoms with Crippen molar-refractivity contribution in [2.75, 3.05) is 25.0 Å². The quantitative estimate of drug-likeness (QED) is 0.709. The highest BCUT2D eigenvalue weighted by Gasteiger charge is 2.38. The number of nitrogens with zero attached hydrogens (tertiary/aromatic N) is 1. The molecule has 0 amide bonds. The lowest BCUT2D eigenvalue weighted by molar-refractivity contribution is 0.263. The number of nitrogens with one attached hydrogen (secondary N) is 1. The van der Waals surface area contributed by atoms with E-state index in [1.54, 1.807) is 0 Å². The predicted octanol–water partition coefficient (Wildman–Crippen LogP) is 1.42. The van der Waals surface area contributed by atoms with E-state index in [0.717, 1.165) is 13.1 Å². The zero-order valence-corrected chi connectivity index (χ0v) is 10.6. The van der Waals surface area contributed by atoms with Gasteiger partial charge in [0.1, 0.15) is 0 Å². The molecular weight excluding hydrogens is 210 g/mol. The Kier molecular flexibility index (Phi) is 2.60. The highest BCUT2D eigenvalue weighted by Crippen LogP contribution is 2.40. The third kappa shape index (κ3) is 1.65. The Morgan fingerprint density at radius 2 is 2.24 bits per heavy atom. The van der Waals surface area contributed by atoms with Crippen LogP contribution in [-0.4, -0.2) is 26.2 Å². The molecule has 2 heterocycles. The van der Waals surface area contributed by atoms with Gasteiger partial charge in [-0.3, -0.25) is 0 Å². The lowest BCUT2D eigenvalue weighted by Crippen LogP contribution is -2.55. The summed E-state index contributed by atoms with van der Waals surface area (Å²) in [6.07, 6.45) is 1.20. The van der Waals surface area contributed by atoms with Crippen molar-refractivity contribution in [2.45, 2.75) is 25.4 Å². The summed E-state index contributed by atoms with van der Waals surface area (Å²) in [6, 6.07) is 7.42. The lowest BCUT2D eigenvalue weighted by Gasteiger charge is -2.47. The van der Waals surface area contributed by atoms with E-state index in [1.165, 1.54) is 23.2 Å². The molecule has 1 fully saturated rings. The van der Waals surface area contributed by atoms with Crippen molar-refractivity contribution in [3.8, 4) is 0 Å². The van der Waals surface area contributed by atoms with Crippen LogP contribution in [0, 0.1) is 12.8 Å². The zero-order chi connectivity index (χ0) is 12.0. The fourth-order valence-electron chi connectivity index (χ4n) is 3.37. The van der Waals surface area contributed by atoms with Crippen LogP contribution in [-0.2, 0) is 0 Å². The zero-order valence-electron chi connectivity index (χ0n) is 10.6. The number of fused-ring (bicyclic) bond motifs is 2. The maximum absolute atomic E-state index is 6.45. The first kappa shape index (κ1) is 11.1. The van der Waals surface area contributed by atoms with Crippen LogP contribution in [0.2, 0.25) is 0 Å². The van der Waals surface area contributed by atoms with Crippen LogP contribution in [0.3, 0.4) is 0 Å². The van der Waals surface area contributed by atoms with Gasteiger partial charge in [-0.1, -0.05) is 12.1 Å². The minimum atomic E-state index is 0.180. The number of anilines is 1. The second kappa shape index (κ2) is 4.00. The molecule has 0 radical (unpaired) electrons. The number of piperidine rings is 1. The Morgan fingerprint density at radius 1 is 1.41 bits per heavy atom. The second-order valence-corrected chi connectivity index (χ2v) is 5.42. The maximum Gasteiger partial charge on any atom is 0.0417 e. The van der Waals surface area contributed by atoms with E-state index in [1.807, 2.05) is 0 Å². The highest BCUT2D eigenvalue weighted by atomic mass is 15.2. The van der Waals surface area contributed by atoms with Crippen LogP contribution in [0.5, 0.6) is 0 Å². The first-order chi connectivity index (χ1) is 8.18. The molecular formula is C14H21N3. The van der Waals surface area contributed by atoms with Gasteiger partial charge in [0.25, 0.3) is 0 Å². The van der Waals surface area contributed by atoms with Crippen LogP contribution in [0.1, 0.15) is 23.6 Å². The average molecular weight is 231 g/mol. The number of hydrogen-bond acceptors (Lipinski definition) is 3. The Balaban J connectivity index is 2.07. The molecule has 92 valence electrons. The summed E-state index contributed by atoms with van der Waals surface area (Å²) < 4.78 is 0. The van der Waals surface area contributed by atoms with Crippen molar-refractivity contribution in [3.63, 3.8) is 0 Å². The predicted molar refractivity (Wildman–Crippen MR) is 71.3 cm³/mol. The topological polar surface area (TPSA) is 41.3 Å². The van der Waals surface area contributed by atoms with Crippen molar-refractivity contribution in [1.82, 2.24) is 5.32 Å². The number of rotatable bonds is 0. The molecule has 1 aromatic rings. The third-order valence-corrected chi connectivity index (χ3v) is 4.37. The fraction of sp³-hybridized carbons (Fsp3) is 0.571. The van der Waals surface area contributed by atoms with Gasteiger partial charge >= 0.3 is 0 Å². The van der Waals surface area contributed by atoms with Crippen LogP contribution >= 0.6 is 0 Å². The smallest absolute Gasteiger partial charge is 0.0417 e. The van der Waals surface area contributed by atoms with Gasteiger partial charge in [-0.15, -0.1) is 0 Å². The van der Waals surface area contributed by atoms with E-state index in [4.69, 9.17) is 5.73 Å². The molecule has 0 spiro atoms. The van der Waals surface area contributed by atoms with Gasteiger partial charge in [0, 0.05) is 37.3 Å². The average Bonchev–Trinajstić information content (AvgIpc) is 2.36. The van der Waals surface area contributed by atoms with Crippen molar-refractivity contribution in [2.24, 2.45) is 11.7 Å². The highest BCUT2D eigenvalue weighted by molar-refractivity contribution is 5.59. The fourth-order valence-corrected chi connectivity index (χ4v) is 3.37.